The van der Waals surface area contributed by atoms with E-state index in [2.05, 4.69) is 34.5 Å². The zero-order chi connectivity index (χ0) is 23.5. The van der Waals surface area contributed by atoms with Gasteiger partial charge in [-0.15, -0.1) is 11.6 Å². The molecule has 1 aliphatic carbocycles. The van der Waals surface area contributed by atoms with E-state index in [9.17, 15) is 9.59 Å². The molecule has 0 unspecified atom stereocenters. The van der Waals surface area contributed by atoms with Gasteiger partial charge < -0.3 is 10.2 Å². The molecule has 1 aromatic rings. The number of amides is 3. The Bertz CT molecular complexity index is 732. The molecule has 3 N–H and O–H groups in total. The third-order valence-electron chi connectivity index (χ3n) is 6.77. The summed E-state index contributed by atoms with van der Waals surface area (Å²) in [7, 11) is 0. The number of anilines is 2. The normalized spacial score (nSPS) is 20.8. The molecule has 0 spiro atoms. The van der Waals surface area contributed by atoms with Crippen molar-refractivity contribution in [2.75, 3.05) is 29.4 Å². The van der Waals surface area contributed by atoms with Gasteiger partial charge in [-0.3, -0.25) is 14.9 Å². The number of carbonyl (C=O) groups is 2. The molecule has 184 valence electrons. The summed E-state index contributed by atoms with van der Waals surface area (Å²) in [4.78, 5) is 28.6. The van der Waals surface area contributed by atoms with Crippen LogP contribution in [0, 0.1) is 0 Å². The Hall–Kier alpha value is -1.99. The first-order valence-corrected chi connectivity index (χ1v) is 13.0. The average molecular weight is 479 g/mol. The van der Waals surface area contributed by atoms with Gasteiger partial charge in [0.25, 0.3) is 0 Å². The minimum atomic E-state index is -0.350. The van der Waals surface area contributed by atoms with E-state index in [1.54, 1.807) is 5.48 Å². The van der Waals surface area contributed by atoms with Crippen LogP contribution in [0.25, 0.3) is 0 Å². The van der Waals surface area contributed by atoms with E-state index in [4.69, 9.17) is 16.8 Å². The van der Waals surface area contributed by atoms with Crippen molar-refractivity contribution >= 4 is 34.9 Å². The molecule has 0 atom stereocenters. The van der Waals surface area contributed by atoms with Crippen molar-refractivity contribution in [3.8, 4) is 0 Å². The fourth-order valence-corrected chi connectivity index (χ4v) is 5.01. The van der Waals surface area contributed by atoms with Gasteiger partial charge in [0.05, 0.1) is 0 Å². The van der Waals surface area contributed by atoms with Gasteiger partial charge >= 0.3 is 6.03 Å². The Kier molecular flexibility index (Phi) is 10.6. The summed E-state index contributed by atoms with van der Waals surface area (Å²) >= 11 is 6.23. The first-order chi connectivity index (χ1) is 16.1. The van der Waals surface area contributed by atoms with Crippen LogP contribution in [0.3, 0.4) is 0 Å². The molecule has 8 heteroatoms. The number of halogens is 1. The molecule has 1 aromatic carbocycles. The van der Waals surface area contributed by atoms with Crippen molar-refractivity contribution in [2.24, 2.45) is 0 Å². The standard InChI is InChI=1S/C25H39ClN4O3/c26-20-9-11-21(12-10-20)27-25(32)30(19-7-2-1-4-8-24(31)28-33)23-15-13-22(14-16-23)29-17-5-3-6-18-29/h13-16,20-21,33H,1-12,17-19H2,(H,27,32)(H,28,31). The number of nitrogens with zero attached hydrogens (tertiary/aromatic N) is 2. The molecule has 0 aromatic heterocycles. The first kappa shape index (κ1) is 25.6. The second kappa shape index (κ2) is 13.7. The molecule has 7 nitrogen and oxygen atoms in total. The van der Waals surface area contributed by atoms with Gasteiger partial charge in [-0.05, 0) is 82.1 Å². The number of hydrogen-bond acceptors (Lipinski definition) is 4. The maximum absolute atomic E-state index is 13.2. The van der Waals surface area contributed by atoms with Crippen molar-refractivity contribution in [1.82, 2.24) is 10.8 Å². The number of nitrogens with one attached hydrogen (secondary N) is 2. The molecule has 2 fully saturated rings. The second-order valence-corrected chi connectivity index (χ2v) is 9.93. The van der Waals surface area contributed by atoms with Crippen LogP contribution in [0.5, 0.6) is 0 Å². The highest BCUT2D eigenvalue weighted by Crippen LogP contribution is 2.26. The summed E-state index contributed by atoms with van der Waals surface area (Å²) < 4.78 is 0. The average Bonchev–Trinajstić information content (AvgIpc) is 2.85. The van der Waals surface area contributed by atoms with Crippen LogP contribution in [0.15, 0.2) is 24.3 Å². The molecular weight excluding hydrogens is 440 g/mol. The number of piperidine rings is 1. The Morgan fingerprint density at radius 2 is 1.64 bits per heavy atom. The quantitative estimate of drug-likeness (QED) is 0.187. The van der Waals surface area contributed by atoms with Crippen LogP contribution >= 0.6 is 11.6 Å². The van der Waals surface area contributed by atoms with Crippen molar-refractivity contribution in [2.45, 2.75) is 88.5 Å². The lowest BCUT2D eigenvalue weighted by molar-refractivity contribution is -0.129. The van der Waals surface area contributed by atoms with Gasteiger partial charge in [0.2, 0.25) is 5.91 Å². The van der Waals surface area contributed by atoms with Crippen LogP contribution < -0.4 is 20.6 Å². The Labute approximate surface area is 202 Å². The van der Waals surface area contributed by atoms with E-state index in [0.29, 0.717) is 13.0 Å². The molecule has 3 rings (SSSR count). The zero-order valence-corrected chi connectivity index (χ0v) is 20.4. The van der Waals surface area contributed by atoms with Crippen LogP contribution in [-0.4, -0.2) is 48.2 Å². The van der Waals surface area contributed by atoms with Gasteiger partial charge in [0, 0.05) is 48.8 Å². The van der Waals surface area contributed by atoms with Crippen LogP contribution in [0.2, 0.25) is 0 Å². The number of benzene rings is 1. The number of rotatable bonds is 10. The second-order valence-electron chi connectivity index (χ2n) is 9.31. The summed E-state index contributed by atoms with van der Waals surface area (Å²) in [5.41, 5.74) is 3.81. The predicted molar refractivity (Wildman–Crippen MR) is 133 cm³/mol. The number of hydroxylamine groups is 1. The topological polar surface area (TPSA) is 84.9 Å². The highest BCUT2D eigenvalue weighted by molar-refractivity contribution is 6.20. The highest BCUT2D eigenvalue weighted by Gasteiger charge is 2.24. The van der Waals surface area contributed by atoms with Crippen molar-refractivity contribution in [3.05, 3.63) is 24.3 Å². The van der Waals surface area contributed by atoms with Crippen molar-refractivity contribution in [3.63, 3.8) is 0 Å². The number of unbranched alkanes of at least 4 members (excludes halogenated alkanes) is 3. The lowest BCUT2D eigenvalue weighted by Crippen LogP contribution is -2.46. The summed E-state index contributed by atoms with van der Waals surface area (Å²) in [6, 6.07) is 8.52. The maximum atomic E-state index is 13.2. The molecule has 0 bridgehead atoms. The minimum absolute atomic E-state index is 0.0431. The van der Waals surface area contributed by atoms with Gasteiger partial charge in [0.1, 0.15) is 0 Å². The summed E-state index contributed by atoms with van der Waals surface area (Å²) in [5.74, 6) is -0.350. The lowest BCUT2D eigenvalue weighted by Gasteiger charge is -2.31. The van der Waals surface area contributed by atoms with Crippen molar-refractivity contribution in [1.29, 1.82) is 0 Å². The molecule has 2 aliphatic rings. The van der Waals surface area contributed by atoms with E-state index in [1.165, 1.54) is 24.9 Å². The molecule has 3 amide bonds. The third kappa shape index (κ3) is 8.38. The lowest BCUT2D eigenvalue weighted by atomic mass is 9.95. The van der Waals surface area contributed by atoms with Gasteiger partial charge in [0.15, 0.2) is 0 Å². The Morgan fingerprint density at radius 3 is 2.30 bits per heavy atom. The summed E-state index contributed by atoms with van der Waals surface area (Å²) in [6.07, 6.45) is 11.2. The molecule has 1 aliphatic heterocycles. The summed E-state index contributed by atoms with van der Waals surface area (Å²) in [6.45, 7) is 2.83. The van der Waals surface area contributed by atoms with E-state index >= 15 is 0 Å². The number of carbonyl (C=O) groups excluding carboxylic acids is 2. The minimum Gasteiger partial charge on any atom is -0.372 e. The largest absolute Gasteiger partial charge is 0.372 e. The molecular formula is C25H39ClN4O3. The van der Waals surface area contributed by atoms with E-state index in [1.807, 2.05) is 4.90 Å². The van der Waals surface area contributed by atoms with Crippen LogP contribution in [0.4, 0.5) is 16.2 Å². The smallest absolute Gasteiger partial charge is 0.322 e. The van der Waals surface area contributed by atoms with Crippen LogP contribution in [0.1, 0.15) is 77.0 Å². The Balaban J connectivity index is 1.57. The maximum Gasteiger partial charge on any atom is 0.322 e. The molecule has 1 heterocycles. The first-order valence-electron chi connectivity index (χ1n) is 12.6. The monoisotopic (exact) mass is 478 g/mol. The SMILES string of the molecule is O=C(CCCCCCN(C(=O)NC1CCC(Cl)CC1)c1ccc(N2CCCCC2)cc1)NO. The number of alkyl halides is 1. The van der Waals surface area contributed by atoms with E-state index < -0.39 is 0 Å². The third-order valence-corrected chi connectivity index (χ3v) is 7.21. The summed E-state index contributed by atoms with van der Waals surface area (Å²) in [5, 5.41) is 12.0. The van der Waals surface area contributed by atoms with Gasteiger partial charge in [-0.1, -0.05) is 12.8 Å². The number of urea groups is 1. The van der Waals surface area contributed by atoms with E-state index in [0.717, 1.165) is 70.1 Å². The molecule has 0 radical (unpaired) electrons. The number of hydrogen-bond donors (Lipinski definition) is 3. The van der Waals surface area contributed by atoms with Crippen molar-refractivity contribution < 1.29 is 14.8 Å². The Morgan fingerprint density at radius 1 is 0.970 bits per heavy atom. The van der Waals surface area contributed by atoms with Crippen LogP contribution in [-0.2, 0) is 4.79 Å². The predicted octanol–water partition coefficient (Wildman–Crippen LogP) is 5.20. The fraction of sp³-hybridized carbons (Fsp3) is 0.680. The molecule has 1 saturated carbocycles. The van der Waals surface area contributed by atoms with E-state index in [-0.39, 0.29) is 23.4 Å². The van der Waals surface area contributed by atoms with Gasteiger partial charge in [-0.25, -0.2) is 10.3 Å². The fourth-order valence-electron chi connectivity index (χ4n) is 4.76. The molecule has 1 saturated heterocycles. The highest BCUT2D eigenvalue weighted by atomic mass is 35.5. The zero-order valence-electron chi connectivity index (χ0n) is 19.6. The van der Waals surface area contributed by atoms with Gasteiger partial charge in [-0.2, -0.15) is 0 Å². The molecule has 33 heavy (non-hydrogen) atoms.